The van der Waals surface area contributed by atoms with Crippen LogP contribution in [-0.4, -0.2) is 8.42 Å². The van der Waals surface area contributed by atoms with E-state index in [0.717, 1.165) is 0 Å². The SMILES string of the molecule is O=S(=O)(Oc1c(F)c(F)c(F)c(F)c1F)c1c(F)c(F)c(Oc2c(F)c(F)c(F)c(F)c2F)c(F)c1F. The first kappa shape index (κ1) is 27.8. The molecule has 0 aliphatic rings. The first-order chi connectivity index (χ1) is 16.9. The van der Waals surface area contributed by atoms with E-state index >= 15 is 0 Å². The van der Waals surface area contributed by atoms with Crippen molar-refractivity contribution in [2.24, 2.45) is 0 Å². The molecule has 0 fully saturated rings. The van der Waals surface area contributed by atoms with E-state index in [4.69, 9.17) is 0 Å². The van der Waals surface area contributed by atoms with Crippen LogP contribution in [0.5, 0.6) is 17.2 Å². The van der Waals surface area contributed by atoms with Crippen LogP contribution in [0, 0.1) is 81.4 Å². The predicted molar refractivity (Wildman–Crippen MR) is 86.6 cm³/mol. The summed E-state index contributed by atoms with van der Waals surface area (Å²) in [5, 5.41) is 0. The monoisotopic (exact) mass is 578 g/mol. The number of rotatable bonds is 5. The molecule has 0 unspecified atom stereocenters. The van der Waals surface area contributed by atoms with E-state index in [1.165, 1.54) is 0 Å². The summed E-state index contributed by atoms with van der Waals surface area (Å²) in [5.41, 5.74) is 0. The molecule has 0 amide bonds. The van der Waals surface area contributed by atoms with Crippen molar-refractivity contribution in [3.05, 3.63) is 81.4 Å². The molecule has 0 bridgehead atoms. The van der Waals surface area contributed by atoms with Gasteiger partial charge in [-0.2, -0.15) is 34.8 Å². The molecule has 19 heteroatoms. The van der Waals surface area contributed by atoms with E-state index in [9.17, 15) is 69.9 Å². The molecule has 0 aliphatic heterocycles. The van der Waals surface area contributed by atoms with Gasteiger partial charge in [0.05, 0.1) is 0 Å². The van der Waals surface area contributed by atoms with Crippen molar-refractivity contribution in [3.63, 3.8) is 0 Å². The second-order valence-electron chi connectivity index (χ2n) is 6.35. The molecular weight excluding hydrogens is 578 g/mol. The van der Waals surface area contributed by atoms with Crippen molar-refractivity contribution in [1.82, 2.24) is 0 Å². The van der Waals surface area contributed by atoms with Crippen molar-refractivity contribution in [2.75, 3.05) is 0 Å². The van der Waals surface area contributed by atoms with Crippen LogP contribution >= 0.6 is 0 Å². The van der Waals surface area contributed by atoms with Gasteiger partial charge in [-0.3, -0.25) is 0 Å². The minimum Gasteiger partial charge on any atom is -0.444 e. The van der Waals surface area contributed by atoms with Gasteiger partial charge >= 0.3 is 10.1 Å². The third kappa shape index (κ3) is 4.25. The van der Waals surface area contributed by atoms with Crippen molar-refractivity contribution < 1.29 is 78.8 Å². The molecule has 4 nitrogen and oxygen atoms in total. The van der Waals surface area contributed by atoms with Crippen molar-refractivity contribution in [1.29, 1.82) is 0 Å². The smallest absolute Gasteiger partial charge is 0.345 e. The molecule has 3 aromatic carbocycles. The van der Waals surface area contributed by atoms with Crippen LogP contribution in [0.3, 0.4) is 0 Å². The molecule has 37 heavy (non-hydrogen) atoms. The number of hydrogen-bond acceptors (Lipinski definition) is 4. The molecule has 0 atom stereocenters. The maximum Gasteiger partial charge on any atom is 0.345 e. The standard InChI is InChI=1S/C18F14O4S/c19-1-3(21)7(25)15(8(26)4(1)22)35-16-11(29)13(31)18(14(32)12(16)30)37(33,34)36-17-9(27)5(23)2(20)6(24)10(17)28. The summed E-state index contributed by atoms with van der Waals surface area (Å²) in [5.74, 6) is -48.8. The van der Waals surface area contributed by atoms with Crippen molar-refractivity contribution >= 4 is 10.1 Å². The van der Waals surface area contributed by atoms with Gasteiger partial charge in [0.15, 0.2) is 16.5 Å². The number of hydrogen-bond donors (Lipinski definition) is 0. The first-order valence-corrected chi connectivity index (χ1v) is 9.87. The summed E-state index contributed by atoms with van der Waals surface area (Å²) in [6.45, 7) is 0. The highest BCUT2D eigenvalue weighted by Crippen LogP contribution is 2.40. The Labute approximate surface area is 193 Å². The van der Waals surface area contributed by atoms with E-state index in [1.807, 2.05) is 0 Å². The van der Waals surface area contributed by atoms with Gasteiger partial charge in [0.1, 0.15) is 0 Å². The lowest BCUT2D eigenvalue weighted by Crippen LogP contribution is -2.19. The van der Waals surface area contributed by atoms with Gasteiger partial charge in [-0.25, -0.2) is 35.1 Å². The average molecular weight is 578 g/mol. The average Bonchev–Trinajstić information content (AvgIpc) is 2.84. The molecule has 0 spiro atoms. The Morgan fingerprint density at radius 2 is 0.595 bits per heavy atom. The minimum absolute atomic E-state index is 2.51. The molecule has 3 aromatic rings. The fourth-order valence-electron chi connectivity index (χ4n) is 2.49. The van der Waals surface area contributed by atoms with Gasteiger partial charge in [-0.15, -0.1) is 0 Å². The quantitative estimate of drug-likeness (QED) is 0.157. The largest absolute Gasteiger partial charge is 0.444 e. The van der Waals surface area contributed by atoms with E-state index in [-0.39, 0.29) is 0 Å². The third-order valence-corrected chi connectivity index (χ3v) is 5.41. The van der Waals surface area contributed by atoms with Crippen LogP contribution in [0.4, 0.5) is 61.5 Å². The highest BCUT2D eigenvalue weighted by molar-refractivity contribution is 7.87. The summed E-state index contributed by atoms with van der Waals surface area (Å²) in [4.78, 5) is -2.93. The van der Waals surface area contributed by atoms with E-state index in [2.05, 4.69) is 8.92 Å². The van der Waals surface area contributed by atoms with E-state index < -0.39 is 114 Å². The third-order valence-electron chi connectivity index (χ3n) is 4.17. The highest BCUT2D eigenvalue weighted by atomic mass is 32.2. The van der Waals surface area contributed by atoms with Crippen LogP contribution in [0.2, 0.25) is 0 Å². The van der Waals surface area contributed by atoms with Crippen LogP contribution in [-0.2, 0) is 10.1 Å². The zero-order valence-corrected chi connectivity index (χ0v) is 17.1. The molecular formula is C18F14O4S. The minimum atomic E-state index is -6.58. The molecule has 200 valence electrons. The Hall–Kier alpha value is -3.77. The number of benzene rings is 3. The maximum atomic E-state index is 14.3. The summed E-state index contributed by atoms with van der Waals surface area (Å²) < 4.78 is 222. The van der Waals surface area contributed by atoms with E-state index in [1.54, 1.807) is 0 Å². The second-order valence-corrected chi connectivity index (χ2v) is 7.83. The molecule has 0 radical (unpaired) electrons. The molecule has 0 aliphatic carbocycles. The van der Waals surface area contributed by atoms with Gasteiger partial charge in [-0.05, 0) is 0 Å². The van der Waals surface area contributed by atoms with Crippen LogP contribution < -0.4 is 8.92 Å². The van der Waals surface area contributed by atoms with Crippen molar-refractivity contribution in [2.45, 2.75) is 4.90 Å². The Bertz CT molecular complexity index is 1500. The molecule has 0 N–H and O–H groups in total. The molecule has 0 aromatic heterocycles. The lowest BCUT2D eigenvalue weighted by atomic mass is 10.2. The highest BCUT2D eigenvalue weighted by Gasteiger charge is 2.39. The Morgan fingerprint density at radius 3 is 0.919 bits per heavy atom. The van der Waals surface area contributed by atoms with Gasteiger partial charge < -0.3 is 8.92 Å². The van der Waals surface area contributed by atoms with Crippen LogP contribution in [0.15, 0.2) is 4.90 Å². The lowest BCUT2D eigenvalue weighted by molar-refractivity contribution is 0.302. The van der Waals surface area contributed by atoms with Crippen LogP contribution in [0.1, 0.15) is 0 Å². The molecule has 3 rings (SSSR count). The normalized spacial score (nSPS) is 11.7. The summed E-state index contributed by atoms with van der Waals surface area (Å²) in [7, 11) is -6.58. The van der Waals surface area contributed by atoms with E-state index in [0.29, 0.717) is 0 Å². The predicted octanol–water partition coefficient (Wildman–Crippen LogP) is 6.19. The molecule has 0 saturated carbocycles. The Balaban J connectivity index is 2.20. The summed E-state index contributed by atoms with van der Waals surface area (Å²) in [6.07, 6.45) is 0. The van der Waals surface area contributed by atoms with Crippen molar-refractivity contribution in [3.8, 4) is 17.2 Å². The number of halogens is 14. The van der Waals surface area contributed by atoms with Gasteiger partial charge in [-0.1, -0.05) is 0 Å². The molecule has 0 heterocycles. The Morgan fingerprint density at radius 1 is 0.351 bits per heavy atom. The maximum absolute atomic E-state index is 14.3. The molecule has 0 saturated heterocycles. The fraction of sp³-hybridized carbons (Fsp3) is 0. The first-order valence-electron chi connectivity index (χ1n) is 8.46. The Kier molecular flexibility index (Phi) is 6.97. The summed E-state index contributed by atoms with van der Waals surface area (Å²) in [6, 6.07) is 0. The number of ether oxygens (including phenoxy) is 1. The topological polar surface area (TPSA) is 52.6 Å². The zero-order valence-electron chi connectivity index (χ0n) is 16.3. The van der Waals surface area contributed by atoms with Gasteiger partial charge in [0, 0.05) is 0 Å². The lowest BCUT2D eigenvalue weighted by Gasteiger charge is -2.15. The fourth-order valence-corrected chi connectivity index (χ4v) is 3.55. The van der Waals surface area contributed by atoms with Crippen LogP contribution in [0.25, 0.3) is 0 Å². The zero-order chi connectivity index (χ0) is 28.3. The van der Waals surface area contributed by atoms with Gasteiger partial charge in [0.2, 0.25) is 87.1 Å². The summed E-state index contributed by atoms with van der Waals surface area (Å²) >= 11 is 0. The second kappa shape index (κ2) is 9.27. The van der Waals surface area contributed by atoms with Gasteiger partial charge in [0.25, 0.3) is 0 Å².